The molecule has 0 aliphatic carbocycles. The normalized spacial score (nSPS) is 13.5. The van der Waals surface area contributed by atoms with Gasteiger partial charge in [0, 0.05) is 5.56 Å². The summed E-state index contributed by atoms with van der Waals surface area (Å²) in [6.07, 6.45) is 1.79. The van der Waals surface area contributed by atoms with Crippen LogP contribution in [0.4, 0.5) is 0 Å². The number of esters is 1. The molecule has 32 heavy (non-hydrogen) atoms. The minimum Gasteiger partial charge on any atom is -0.497 e. The fraction of sp³-hybridized carbons (Fsp3) is 0.154. The number of hydrogen-bond acceptors (Lipinski definition) is 6. The van der Waals surface area contributed by atoms with Crippen molar-refractivity contribution < 1.29 is 28.5 Å². The molecule has 0 saturated heterocycles. The Bertz CT molecular complexity index is 1190. The largest absolute Gasteiger partial charge is 0.497 e. The van der Waals surface area contributed by atoms with E-state index < -0.39 is 5.97 Å². The van der Waals surface area contributed by atoms with Gasteiger partial charge in [-0.05, 0) is 60.5 Å². The maximum Gasteiger partial charge on any atom is 0.315 e. The van der Waals surface area contributed by atoms with Crippen molar-refractivity contribution in [3.63, 3.8) is 0 Å². The van der Waals surface area contributed by atoms with Gasteiger partial charge >= 0.3 is 5.97 Å². The van der Waals surface area contributed by atoms with Crippen LogP contribution in [0.25, 0.3) is 6.08 Å². The lowest BCUT2D eigenvalue weighted by Gasteiger charge is -2.10. The second kappa shape index (κ2) is 8.98. The first-order valence-electron chi connectivity index (χ1n) is 10.0. The number of methoxy groups -OCH3 is 2. The van der Waals surface area contributed by atoms with E-state index in [1.165, 1.54) is 0 Å². The molecule has 1 aliphatic heterocycles. The van der Waals surface area contributed by atoms with Gasteiger partial charge < -0.3 is 18.9 Å². The molecule has 0 amide bonds. The smallest absolute Gasteiger partial charge is 0.315 e. The summed E-state index contributed by atoms with van der Waals surface area (Å²) in [5.41, 5.74) is 2.66. The standard InChI is InChI=1S/C26H22O6/c1-16-22(31-24(27)15-18-6-10-20(30-3)11-7-18)13-12-21-25(28)23(32-26(16)21)14-17-4-8-19(29-2)9-5-17/h4-14H,15H2,1-3H3/b23-14-. The lowest BCUT2D eigenvalue weighted by Crippen LogP contribution is -2.12. The molecule has 0 N–H and O–H groups in total. The van der Waals surface area contributed by atoms with E-state index in [9.17, 15) is 9.59 Å². The van der Waals surface area contributed by atoms with Crippen molar-refractivity contribution in [1.82, 2.24) is 0 Å². The van der Waals surface area contributed by atoms with Crippen molar-refractivity contribution >= 4 is 17.8 Å². The van der Waals surface area contributed by atoms with Gasteiger partial charge in [0.1, 0.15) is 23.0 Å². The van der Waals surface area contributed by atoms with Gasteiger partial charge in [0.2, 0.25) is 5.78 Å². The number of hydrogen-bond donors (Lipinski definition) is 0. The number of fused-ring (bicyclic) bond motifs is 1. The maximum absolute atomic E-state index is 12.8. The highest BCUT2D eigenvalue weighted by Gasteiger charge is 2.30. The third kappa shape index (κ3) is 4.34. The summed E-state index contributed by atoms with van der Waals surface area (Å²) in [6.45, 7) is 1.76. The summed E-state index contributed by atoms with van der Waals surface area (Å²) in [6, 6.07) is 17.7. The van der Waals surface area contributed by atoms with Crippen molar-refractivity contribution in [1.29, 1.82) is 0 Å². The molecule has 0 radical (unpaired) electrons. The number of benzene rings is 3. The molecular formula is C26H22O6. The quantitative estimate of drug-likeness (QED) is 0.319. The van der Waals surface area contributed by atoms with Crippen LogP contribution in [0.15, 0.2) is 66.4 Å². The second-order valence-corrected chi connectivity index (χ2v) is 7.28. The van der Waals surface area contributed by atoms with E-state index in [0.29, 0.717) is 22.6 Å². The van der Waals surface area contributed by atoms with E-state index in [4.69, 9.17) is 18.9 Å². The van der Waals surface area contributed by atoms with E-state index in [0.717, 1.165) is 22.6 Å². The van der Waals surface area contributed by atoms with Crippen LogP contribution in [0.5, 0.6) is 23.0 Å². The number of Topliss-reactive ketones (excluding diaryl/α,β-unsaturated/α-hetero) is 1. The van der Waals surface area contributed by atoms with Gasteiger partial charge in [-0.25, -0.2) is 0 Å². The predicted molar refractivity (Wildman–Crippen MR) is 119 cm³/mol. The zero-order chi connectivity index (χ0) is 22.7. The summed E-state index contributed by atoms with van der Waals surface area (Å²) in [5, 5.41) is 0. The Kier molecular flexibility index (Phi) is 5.94. The molecule has 6 heteroatoms. The molecule has 0 unspecified atom stereocenters. The topological polar surface area (TPSA) is 71.1 Å². The molecule has 3 aromatic carbocycles. The predicted octanol–water partition coefficient (Wildman–Crippen LogP) is 4.78. The van der Waals surface area contributed by atoms with Crippen LogP contribution in [0.3, 0.4) is 0 Å². The minimum absolute atomic E-state index is 0.114. The Labute approximate surface area is 186 Å². The molecule has 0 saturated carbocycles. The SMILES string of the molecule is COc1ccc(/C=C2\Oc3c(ccc(OC(=O)Cc4ccc(OC)cc4)c3C)C2=O)cc1. The number of carbonyl (C=O) groups is 2. The Morgan fingerprint density at radius 1 is 0.906 bits per heavy atom. The van der Waals surface area contributed by atoms with E-state index >= 15 is 0 Å². The Morgan fingerprint density at radius 3 is 2.16 bits per heavy atom. The third-order valence-corrected chi connectivity index (χ3v) is 5.18. The number of ketones is 1. The monoisotopic (exact) mass is 430 g/mol. The Morgan fingerprint density at radius 2 is 1.53 bits per heavy atom. The Balaban J connectivity index is 1.50. The van der Waals surface area contributed by atoms with Crippen molar-refractivity contribution in [3.05, 3.63) is 88.7 Å². The number of rotatable bonds is 6. The van der Waals surface area contributed by atoms with Gasteiger partial charge in [0.05, 0.1) is 26.2 Å². The summed E-state index contributed by atoms with van der Waals surface area (Å²) in [5.74, 6) is 1.81. The van der Waals surface area contributed by atoms with Gasteiger partial charge in [-0.3, -0.25) is 9.59 Å². The average molecular weight is 430 g/mol. The number of carbonyl (C=O) groups excluding carboxylic acids is 2. The highest BCUT2D eigenvalue weighted by Crippen LogP contribution is 2.39. The van der Waals surface area contributed by atoms with Gasteiger partial charge in [0.25, 0.3) is 0 Å². The summed E-state index contributed by atoms with van der Waals surface area (Å²) >= 11 is 0. The second-order valence-electron chi connectivity index (χ2n) is 7.28. The molecule has 0 fully saturated rings. The molecule has 0 atom stereocenters. The molecule has 6 nitrogen and oxygen atoms in total. The maximum atomic E-state index is 12.8. The number of allylic oxidation sites excluding steroid dienone is 1. The highest BCUT2D eigenvalue weighted by molar-refractivity contribution is 6.15. The zero-order valence-electron chi connectivity index (χ0n) is 18.0. The molecule has 4 rings (SSSR count). The first-order valence-corrected chi connectivity index (χ1v) is 10.0. The summed E-state index contributed by atoms with van der Waals surface area (Å²) < 4.78 is 21.7. The summed E-state index contributed by atoms with van der Waals surface area (Å²) in [4.78, 5) is 25.2. The minimum atomic E-state index is -0.406. The summed E-state index contributed by atoms with van der Waals surface area (Å²) in [7, 11) is 3.18. The van der Waals surface area contributed by atoms with Crippen LogP contribution in [-0.4, -0.2) is 26.0 Å². The number of ether oxygens (including phenoxy) is 4. The first kappa shape index (κ1) is 21.2. The van der Waals surface area contributed by atoms with Crippen LogP contribution in [0.1, 0.15) is 27.0 Å². The lowest BCUT2D eigenvalue weighted by atomic mass is 10.1. The van der Waals surface area contributed by atoms with Crippen molar-refractivity contribution in [2.45, 2.75) is 13.3 Å². The fourth-order valence-electron chi connectivity index (χ4n) is 3.40. The van der Waals surface area contributed by atoms with E-state index in [1.807, 2.05) is 36.4 Å². The van der Waals surface area contributed by atoms with Gasteiger partial charge in [-0.1, -0.05) is 24.3 Å². The van der Waals surface area contributed by atoms with Crippen LogP contribution in [0.2, 0.25) is 0 Å². The molecule has 3 aromatic rings. The molecule has 1 heterocycles. The van der Waals surface area contributed by atoms with Crippen LogP contribution in [0, 0.1) is 6.92 Å². The van der Waals surface area contributed by atoms with Crippen LogP contribution < -0.4 is 18.9 Å². The third-order valence-electron chi connectivity index (χ3n) is 5.18. The van der Waals surface area contributed by atoms with Crippen LogP contribution in [-0.2, 0) is 11.2 Å². The first-order chi connectivity index (χ1) is 15.5. The van der Waals surface area contributed by atoms with Gasteiger partial charge in [-0.2, -0.15) is 0 Å². The Hall–Kier alpha value is -4.06. The fourth-order valence-corrected chi connectivity index (χ4v) is 3.40. The molecular weight excluding hydrogens is 408 g/mol. The molecule has 1 aliphatic rings. The van der Waals surface area contributed by atoms with E-state index in [1.54, 1.807) is 51.5 Å². The molecule has 162 valence electrons. The van der Waals surface area contributed by atoms with Gasteiger partial charge in [0.15, 0.2) is 5.76 Å². The van der Waals surface area contributed by atoms with E-state index in [2.05, 4.69) is 0 Å². The zero-order valence-corrected chi connectivity index (χ0v) is 18.0. The van der Waals surface area contributed by atoms with E-state index in [-0.39, 0.29) is 18.0 Å². The molecule has 0 aromatic heterocycles. The van der Waals surface area contributed by atoms with Crippen LogP contribution >= 0.6 is 0 Å². The lowest BCUT2D eigenvalue weighted by molar-refractivity contribution is -0.133. The molecule has 0 spiro atoms. The highest BCUT2D eigenvalue weighted by atomic mass is 16.5. The average Bonchev–Trinajstić information content (AvgIpc) is 3.12. The van der Waals surface area contributed by atoms with Gasteiger partial charge in [-0.15, -0.1) is 0 Å². The van der Waals surface area contributed by atoms with Crippen molar-refractivity contribution in [3.8, 4) is 23.0 Å². The molecule has 0 bridgehead atoms. The van der Waals surface area contributed by atoms with Crippen molar-refractivity contribution in [2.75, 3.05) is 14.2 Å². The van der Waals surface area contributed by atoms with Crippen molar-refractivity contribution in [2.24, 2.45) is 0 Å².